The fourth-order valence-corrected chi connectivity index (χ4v) is 3.41. The maximum Gasteiger partial charge on any atom is 0.176 e. The molecule has 0 aliphatic carbocycles. The first-order chi connectivity index (χ1) is 11.6. The Morgan fingerprint density at radius 3 is 2.08 bits per heavy atom. The van der Waals surface area contributed by atoms with E-state index in [0.29, 0.717) is 11.8 Å². The summed E-state index contributed by atoms with van der Waals surface area (Å²) in [5.41, 5.74) is 0.397. The number of nitrogens with one attached hydrogen (secondary N) is 1. The highest BCUT2D eigenvalue weighted by Crippen LogP contribution is 2.29. The van der Waals surface area contributed by atoms with Crippen LogP contribution in [0.3, 0.4) is 0 Å². The Balaban J connectivity index is 1.99. The van der Waals surface area contributed by atoms with Crippen LogP contribution in [0.4, 0.5) is 0 Å². The largest absolute Gasteiger partial charge is 0.369 e. The molecule has 1 aliphatic heterocycles. The van der Waals surface area contributed by atoms with Crippen LogP contribution in [0.1, 0.15) is 24.5 Å². The summed E-state index contributed by atoms with van der Waals surface area (Å²) in [6, 6.07) is 19.5. The molecule has 2 aromatic rings. The van der Waals surface area contributed by atoms with Crippen LogP contribution >= 0.6 is 0 Å². The number of aliphatic hydroxyl groups is 1. The van der Waals surface area contributed by atoms with Crippen LogP contribution < -0.4 is 4.90 Å². The second-order valence-electron chi connectivity index (χ2n) is 7.00. The van der Waals surface area contributed by atoms with Gasteiger partial charge in [0, 0.05) is 17.5 Å². The van der Waals surface area contributed by atoms with Gasteiger partial charge >= 0.3 is 0 Å². The normalized spacial score (nSPS) is 24.0. The lowest BCUT2D eigenvalue weighted by molar-refractivity contribution is -0.888. The van der Waals surface area contributed by atoms with Crippen LogP contribution in [0.15, 0.2) is 60.7 Å². The fourth-order valence-electron chi connectivity index (χ4n) is 3.41. The van der Waals surface area contributed by atoms with Crippen molar-refractivity contribution in [2.24, 2.45) is 11.8 Å². The van der Waals surface area contributed by atoms with E-state index in [4.69, 9.17) is 0 Å². The molecule has 124 valence electrons. The van der Waals surface area contributed by atoms with Gasteiger partial charge < -0.3 is 10.0 Å². The third-order valence-electron chi connectivity index (χ3n) is 5.10. The van der Waals surface area contributed by atoms with Crippen LogP contribution in [0.5, 0.6) is 0 Å². The molecule has 0 radical (unpaired) electrons. The average molecular weight is 320 g/mol. The molecule has 0 amide bonds. The molecule has 1 saturated heterocycles. The molecular weight excluding hydrogens is 294 g/mol. The van der Waals surface area contributed by atoms with Crippen molar-refractivity contribution in [1.82, 2.24) is 0 Å². The molecule has 0 aromatic heterocycles. The highest BCUT2D eigenvalue weighted by atomic mass is 16.3. The summed E-state index contributed by atoms with van der Waals surface area (Å²) in [6.45, 7) is 4.53. The standard InChI is InChI=1S/C22H25NO/c1-18-14-16-23(2)17-19(18)13-15-22(24,20-9-5-3-6-10-20)21-11-7-4-8-12-21/h3-12,18-19,24H,14,16-17H2,1-2H3/p+1/t18-,19-/m1/s1. The first kappa shape index (κ1) is 16.8. The molecule has 3 rings (SSSR count). The summed E-state index contributed by atoms with van der Waals surface area (Å²) in [6.07, 6.45) is 1.19. The van der Waals surface area contributed by atoms with Crippen LogP contribution in [-0.2, 0) is 5.60 Å². The maximum atomic E-state index is 11.5. The van der Waals surface area contributed by atoms with Crippen LogP contribution in [-0.4, -0.2) is 25.2 Å². The van der Waals surface area contributed by atoms with Gasteiger partial charge in [-0.15, -0.1) is 0 Å². The molecule has 1 fully saturated rings. The zero-order chi connectivity index (χ0) is 17.0. The summed E-state index contributed by atoms with van der Waals surface area (Å²) in [7, 11) is 2.22. The molecule has 0 spiro atoms. The van der Waals surface area contributed by atoms with Crippen molar-refractivity contribution in [3.05, 3.63) is 71.8 Å². The van der Waals surface area contributed by atoms with Crippen molar-refractivity contribution in [2.75, 3.05) is 20.1 Å². The van der Waals surface area contributed by atoms with E-state index >= 15 is 0 Å². The molecular formula is C22H26NO+. The molecule has 0 bridgehead atoms. The first-order valence-electron chi connectivity index (χ1n) is 8.77. The Bertz CT molecular complexity index is 674. The Morgan fingerprint density at radius 2 is 1.54 bits per heavy atom. The number of benzene rings is 2. The smallest absolute Gasteiger partial charge is 0.176 e. The van der Waals surface area contributed by atoms with E-state index < -0.39 is 5.60 Å². The zero-order valence-electron chi connectivity index (χ0n) is 14.5. The molecule has 3 atom stereocenters. The van der Waals surface area contributed by atoms with E-state index in [9.17, 15) is 5.11 Å². The predicted molar refractivity (Wildman–Crippen MR) is 97.6 cm³/mol. The second kappa shape index (κ2) is 7.21. The SMILES string of the molecule is C[C@@H]1CC[NH+](C)C[C@H]1C#CC(O)(c1ccccc1)c1ccccc1. The van der Waals surface area contributed by atoms with Gasteiger partial charge in [0.15, 0.2) is 5.60 Å². The van der Waals surface area contributed by atoms with Gasteiger partial charge in [0.1, 0.15) is 0 Å². The van der Waals surface area contributed by atoms with Crippen molar-refractivity contribution in [3.63, 3.8) is 0 Å². The number of hydrogen-bond donors (Lipinski definition) is 2. The monoisotopic (exact) mass is 320 g/mol. The predicted octanol–water partition coefficient (Wildman–Crippen LogP) is 2.10. The molecule has 2 N–H and O–H groups in total. The minimum absolute atomic E-state index is 0.331. The summed E-state index contributed by atoms with van der Waals surface area (Å²) in [5, 5.41) is 11.5. The quantitative estimate of drug-likeness (QED) is 0.814. The average Bonchev–Trinajstić information content (AvgIpc) is 2.63. The van der Waals surface area contributed by atoms with Crippen LogP contribution in [0.25, 0.3) is 0 Å². The van der Waals surface area contributed by atoms with E-state index in [1.807, 2.05) is 60.7 Å². The number of likely N-dealkylation sites (tertiary alicyclic amines) is 1. The van der Waals surface area contributed by atoms with Crippen molar-refractivity contribution in [3.8, 4) is 11.8 Å². The third-order valence-corrected chi connectivity index (χ3v) is 5.10. The van der Waals surface area contributed by atoms with Gasteiger partial charge in [0.25, 0.3) is 0 Å². The number of quaternary nitrogens is 1. The summed E-state index contributed by atoms with van der Waals surface area (Å²) < 4.78 is 0. The molecule has 0 saturated carbocycles. The molecule has 1 unspecified atom stereocenters. The Morgan fingerprint density at radius 1 is 1.00 bits per heavy atom. The lowest BCUT2D eigenvalue weighted by Crippen LogP contribution is -3.11. The second-order valence-corrected chi connectivity index (χ2v) is 7.00. The van der Waals surface area contributed by atoms with Gasteiger partial charge in [-0.2, -0.15) is 0 Å². The summed E-state index contributed by atoms with van der Waals surface area (Å²) in [4.78, 5) is 1.52. The van der Waals surface area contributed by atoms with Crippen LogP contribution in [0.2, 0.25) is 0 Å². The first-order valence-corrected chi connectivity index (χ1v) is 8.77. The molecule has 2 nitrogen and oxygen atoms in total. The van der Waals surface area contributed by atoms with Gasteiger partial charge in [0.05, 0.1) is 26.1 Å². The maximum absolute atomic E-state index is 11.5. The molecule has 1 heterocycles. The van der Waals surface area contributed by atoms with E-state index in [2.05, 4.69) is 25.8 Å². The molecule has 1 aliphatic rings. The van der Waals surface area contributed by atoms with Crippen molar-refractivity contribution < 1.29 is 10.0 Å². The van der Waals surface area contributed by atoms with Crippen LogP contribution in [0, 0.1) is 23.7 Å². The molecule has 2 heteroatoms. The number of rotatable bonds is 2. The lowest BCUT2D eigenvalue weighted by Gasteiger charge is -2.30. The van der Waals surface area contributed by atoms with Crippen molar-refractivity contribution in [2.45, 2.75) is 18.9 Å². The van der Waals surface area contributed by atoms with Gasteiger partial charge in [0.2, 0.25) is 0 Å². The van der Waals surface area contributed by atoms with Crippen molar-refractivity contribution >= 4 is 0 Å². The molecule has 2 aromatic carbocycles. The zero-order valence-corrected chi connectivity index (χ0v) is 14.5. The summed E-state index contributed by atoms with van der Waals surface area (Å²) in [5.74, 6) is 7.57. The number of piperidine rings is 1. The third kappa shape index (κ3) is 3.53. The highest BCUT2D eigenvalue weighted by molar-refractivity contribution is 5.44. The van der Waals surface area contributed by atoms with E-state index in [0.717, 1.165) is 17.7 Å². The number of hydrogen-bond acceptors (Lipinski definition) is 1. The lowest BCUT2D eigenvalue weighted by atomic mass is 9.84. The van der Waals surface area contributed by atoms with Gasteiger partial charge in [-0.1, -0.05) is 79.4 Å². The minimum Gasteiger partial charge on any atom is -0.369 e. The summed E-state index contributed by atoms with van der Waals surface area (Å²) >= 11 is 0. The Kier molecular flexibility index (Phi) is 5.04. The Labute approximate surface area is 145 Å². The van der Waals surface area contributed by atoms with E-state index in [1.54, 1.807) is 0 Å². The highest BCUT2D eigenvalue weighted by Gasteiger charge is 2.31. The fraction of sp³-hybridized carbons (Fsp3) is 0.364. The molecule has 24 heavy (non-hydrogen) atoms. The van der Waals surface area contributed by atoms with Gasteiger partial charge in [-0.05, 0) is 5.92 Å². The van der Waals surface area contributed by atoms with E-state index in [1.165, 1.54) is 17.9 Å². The Hall–Kier alpha value is -2.08. The van der Waals surface area contributed by atoms with E-state index in [-0.39, 0.29) is 0 Å². The minimum atomic E-state index is -1.26. The van der Waals surface area contributed by atoms with Gasteiger partial charge in [-0.25, -0.2) is 0 Å². The topological polar surface area (TPSA) is 24.7 Å². The van der Waals surface area contributed by atoms with Gasteiger partial charge in [-0.3, -0.25) is 0 Å². The van der Waals surface area contributed by atoms with Crippen molar-refractivity contribution in [1.29, 1.82) is 0 Å².